The molecule has 8 heteroatoms. The Morgan fingerprint density at radius 3 is 2.56 bits per heavy atom. The second-order valence-corrected chi connectivity index (χ2v) is 9.24. The second kappa shape index (κ2) is 7.29. The molecular weight excluding hydrogens is 347 g/mol. The Morgan fingerprint density at radius 1 is 1.32 bits per heavy atom. The Morgan fingerprint density at radius 2 is 2.00 bits per heavy atom. The van der Waals surface area contributed by atoms with Crippen LogP contribution in [0.3, 0.4) is 0 Å². The molecule has 0 aliphatic carbocycles. The molecule has 1 saturated heterocycles. The Kier molecular flexibility index (Phi) is 5.73. The van der Waals surface area contributed by atoms with Gasteiger partial charge in [-0.15, -0.1) is 0 Å². The number of carbonyl (C=O) groups excluding carboxylic acids is 1. The summed E-state index contributed by atoms with van der Waals surface area (Å²) in [5.41, 5.74) is -0.195. The van der Waals surface area contributed by atoms with Crippen molar-refractivity contribution in [2.45, 2.75) is 45.1 Å². The van der Waals surface area contributed by atoms with Gasteiger partial charge < -0.3 is 9.64 Å². The summed E-state index contributed by atoms with van der Waals surface area (Å²) in [6.45, 7) is 7.80. The fraction of sp³-hybridized carbons (Fsp3) is 0.588. The van der Waals surface area contributed by atoms with Crippen molar-refractivity contribution in [3.8, 4) is 0 Å². The van der Waals surface area contributed by atoms with Crippen LogP contribution in [-0.4, -0.2) is 55.0 Å². The molecule has 2 rings (SSSR count). The van der Waals surface area contributed by atoms with E-state index >= 15 is 0 Å². The van der Waals surface area contributed by atoms with E-state index in [1.807, 2.05) is 0 Å². The molecule has 1 aliphatic rings. The smallest absolute Gasteiger partial charge is 0.410 e. The van der Waals surface area contributed by atoms with Crippen molar-refractivity contribution in [3.63, 3.8) is 0 Å². The molecular formula is C17H25FN2O4S. The Labute approximate surface area is 148 Å². The average Bonchev–Trinajstić information content (AvgIpc) is 2.44. The highest BCUT2D eigenvalue weighted by molar-refractivity contribution is 7.88. The van der Waals surface area contributed by atoms with Crippen LogP contribution in [0, 0.1) is 5.82 Å². The number of halogens is 1. The van der Waals surface area contributed by atoms with Crippen LogP contribution in [-0.2, 0) is 20.5 Å². The molecule has 140 valence electrons. The molecule has 6 nitrogen and oxygen atoms in total. The molecule has 0 spiro atoms. The quantitative estimate of drug-likeness (QED) is 0.818. The molecule has 1 aromatic rings. The van der Waals surface area contributed by atoms with E-state index < -0.39 is 27.5 Å². The molecule has 0 unspecified atom stereocenters. The number of amides is 1. The number of piperazine rings is 1. The summed E-state index contributed by atoms with van der Waals surface area (Å²) >= 11 is 0. The molecule has 1 aliphatic heterocycles. The SMILES string of the molecule is C[C@@H]1CN(S(=O)(=O)Cc2cccc(F)c2)CCN1C(=O)OC(C)(C)C. The van der Waals surface area contributed by atoms with Gasteiger partial charge in [0, 0.05) is 25.7 Å². The normalized spacial score (nSPS) is 19.7. The van der Waals surface area contributed by atoms with Gasteiger partial charge in [-0.25, -0.2) is 17.6 Å². The number of hydrogen-bond donors (Lipinski definition) is 0. The van der Waals surface area contributed by atoms with Crippen LogP contribution in [0.1, 0.15) is 33.3 Å². The zero-order valence-electron chi connectivity index (χ0n) is 15.0. The summed E-state index contributed by atoms with van der Waals surface area (Å²) in [5, 5.41) is 0. The number of carbonyl (C=O) groups is 1. The van der Waals surface area contributed by atoms with Gasteiger partial charge in [0.1, 0.15) is 11.4 Å². The lowest BCUT2D eigenvalue weighted by Gasteiger charge is -2.39. The van der Waals surface area contributed by atoms with E-state index in [9.17, 15) is 17.6 Å². The topological polar surface area (TPSA) is 66.9 Å². The molecule has 0 saturated carbocycles. The van der Waals surface area contributed by atoms with Gasteiger partial charge in [-0.05, 0) is 45.4 Å². The minimum absolute atomic E-state index is 0.191. The fourth-order valence-corrected chi connectivity index (χ4v) is 4.28. The van der Waals surface area contributed by atoms with Crippen molar-refractivity contribution in [2.75, 3.05) is 19.6 Å². The number of hydrogen-bond acceptors (Lipinski definition) is 4. The minimum Gasteiger partial charge on any atom is -0.444 e. The molecule has 0 N–H and O–H groups in total. The molecule has 1 heterocycles. The first-order valence-electron chi connectivity index (χ1n) is 8.20. The zero-order chi connectivity index (χ0) is 18.8. The van der Waals surface area contributed by atoms with Crippen LogP contribution < -0.4 is 0 Å². The first-order valence-corrected chi connectivity index (χ1v) is 9.81. The van der Waals surface area contributed by atoms with Gasteiger partial charge in [0.25, 0.3) is 0 Å². The van der Waals surface area contributed by atoms with Gasteiger partial charge in [-0.1, -0.05) is 12.1 Å². The van der Waals surface area contributed by atoms with Gasteiger partial charge in [0.2, 0.25) is 10.0 Å². The lowest BCUT2D eigenvalue weighted by atomic mass is 10.2. The molecule has 1 aromatic carbocycles. The maximum atomic E-state index is 13.3. The Hall–Kier alpha value is -1.67. The fourth-order valence-electron chi connectivity index (χ4n) is 2.70. The second-order valence-electron chi connectivity index (χ2n) is 7.27. The molecule has 0 aromatic heterocycles. The largest absolute Gasteiger partial charge is 0.444 e. The van der Waals surface area contributed by atoms with Crippen LogP contribution in [0.15, 0.2) is 24.3 Å². The molecule has 1 fully saturated rings. The first kappa shape index (κ1) is 19.7. The van der Waals surface area contributed by atoms with E-state index in [1.54, 1.807) is 38.7 Å². The van der Waals surface area contributed by atoms with E-state index in [-0.39, 0.29) is 31.4 Å². The zero-order valence-corrected chi connectivity index (χ0v) is 15.8. The summed E-state index contributed by atoms with van der Waals surface area (Å²) in [4.78, 5) is 13.7. The van der Waals surface area contributed by atoms with Gasteiger partial charge in [-0.3, -0.25) is 0 Å². The lowest BCUT2D eigenvalue weighted by molar-refractivity contribution is 0.00857. The van der Waals surface area contributed by atoms with Crippen molar-refractivity contribution in [2.24, 2.45) is 0 Å². The number of ether oxygens (including phenoxy) is 1. The summed E-state index contributed by atoms with van der Waals surface area (Å²) < 4.78 is 45.1. The highest BCUT2D eigenvalue weighted by Crippen LogP contribution is 2.19. The highest BCUT2D eigenvalue weighted by atomic mass is 32.2. The van der Waals surface area contributed by atoms with Crippen LogP contribution in [0.5, 0.6) is 0 Å². The molecule has 25 heavy (non-hydrogen) atoms. The van der Waals surface area contributed by atoms with Crippen molar-refractivity contribution in [1.29, 1.82) is 0 Å². The van der Waals surface area contributed by atoms with Crippen LogP contribution in [0.4, 0.5) is 9.18 Å². The van der Waals surface area contributed by atoms with Crippen molar-refractivity contribution < 1.29 is 22.3 Å². The van der Waals surface area contributed by atoms with E-state index in [1.165, 1.54) is 22.5 Å². The van der Waals surface area contributed by atoms with Gasteiger partial charge in [0.15, 0.2) is 0 Å². The number of rotatable bonds is 3. The van der Waals surface area contributed by atoms with Gasteiger partial charge in [-0.2, -0.15) is 4.31 Å². The van der Waals surface area contributed by atoms with Gasteiger partial charge >= 0.3 is 6.09 Å². The van der Waals surface area contributed by atoms with Crippen molar-refractivity contribution in [3.05, 3.63) is 35.6 Å². The third-order valence-corrected chi connectivity index (χ3v) is 5.67. The van der Waals surface area contributed by atoms with Crippen LogP contribution in [0.25, 0.3) is 0 Å². The molecule has 0 bridgehead atoms. The molecule has 0 radical (unpaired) electrons. The summed E-state index contributed by atoms with van der Waals surface area (Å²) in [6.07, 6.45) is -0.442. The maximum Gasteiger partial charge on any atom is 0.410 e. The Balaban J connectivity index is 2.03. The third kappa shape index (κ3) is 5.40. The van der Waals surface area contributed by atoms with Gasteiger partial charge in [0.05, 0.1) is 5.75 Å². The number of nitrogens with zero attached hydrogens (tertiary/aromatic N) is 2. The van der Waals surface area contributed by atoms with E-state index in [4.69, 9.17) is 4.74 Å². The predicted octanol–water partition coefficient (Wildman–Crippen LogP) is 2.60. The summed E-state index contributed by atoms with van der Waals surface area (Å²) in [6, 6.07) is 5.27. The highest BCUT2D eigenvalue weighted by Gasteiger charge is 2.35. The van der Waals surface area contributed by atoms with Crippen molar-refractivity contribution >= 4 is 16.1 Å². The van der Waals surface area contributed by atoms with E-state index in [2.05, 4.69) is 0 Å². The molecule has 1 atom stereocenters. The average molecular weight is 372 g/mol. The standard InChI is InChI=1S/C17H25FN2O4S/c1-13-11-19(8-9-20(13)16(21)24-17(2,3)4)25(22,23)12-14-6-5-7-15(18)10-14/h5-7,10,13H,8-9,11-12H2,1-4H3/t13-/m1/s1. The number of sulfonamides is 1. The maximum absolute atomic E-state index is 13.3. The Bertz CT molecular complexity index is 730. The third-order valence-electron chi connectivity index (χ3n) is 3.85. The number of benzene rings is 1. The minimum atomic E-state index is -3.58. The van der Waals surface area contributed by atoms with Crippen LogP contribution >= 0.6 is 0 Å². The molecule has 1 amide bonds. The first-order chi connectivity index (χ1) is 11.5. The van der Waals surface area contributed by atoms with Crippen LogP contribution in [0.2, 0.25) is 0 Å². The van der Waals surface area contributed by atoms with E-state index in [0.717, 1.165) is 0 Å². The van der Waals surface area contributed by atoms with Crippen molar-refractivity contribution in [1.82, 2.24) is 9.21 Å². The summed E-state index contributed by atoms with van der Waals surface area (Å²) in [5.74, 6) is -0.722. The lowest BCUT2D eigenvalue weighted by Crippen LogP contribution is -2.56. The van der Waals surface area contributed by atoms with E-state index in [0.29, 0.717) is 5.56 Å². The monoisotopic (exact) mass is 372 g/mol. The predicted molar refractivity (Wildman–Crippen MR) is 93.0 cm³/mol. The summed E-state index contributed by atoms with van der Waals surface area (Å²) in [7, 11) is -3.58.